The van der Waals surface area contributed by atoms with Crippen molar-refractivity contribution in [3.63, 3.8) is 0 Å². The summed E-state index contributed by atoms with van der Waals surface area (Å²) in [6.07, 6.45) is -0.128. The van der Waals surface area contributed by atoms with Crippen LogP contribution in [0.2, 0.25) is 0 Å². The van der Waals surface area contributed by atoms with Crippen molar-refractivity contribution in [3.05, 3.63) is 48.5 Å². The lowest BCUT2D eigenvalue weighted by Gasteiger charge is -2.27. The van der Waals surface area contributed by atoms with E-state index in [1.54, 1.807) is 0 Å². The molecule has 2 aromatic carbocycles. The Morgan fingerprint density at radius 3 is 2.81 bits per heavy atom. The lowest BCUT2D eigenvalue weighted by molar-refractivity contribution is -0.124. The molecule has 2 aromatic rings. The average molecular weight is 370 g/mol. The van der Waals surface area contributed by atoms with Crippen LogP contribution in [-0.4, -0.2) is 36.3 Å². The van der Waals surface area contributed by atoms with Crippen molar-refractivity contribution in [1.29, 1.82) is 0 Å². The number of carbonyl (C=O) groups is 2. The topological polar surface area (TPSA) is 76.7 Å². The molecule has 0 unspecified atom stereocenters. The summed E-state index contributed by atoms with van der Waals surface area (Å²) in [7, 11) is 0. The minimum Gasteiger partial charge on any atom is -0.486 e. The van der Waals surface area contributed by atoms with E-state index in [4.69, 9.17) is 9.47 Å². The lowest BCUT2D eigenvalue weighted by Crippen LogP contribution is -2.42. The third-order valence-electron chi connectivity index (χ3n) is 4.17. The molecule has 2 aliphatic heterocycles. The van der Waals surface area contributed by atoms with Crippen molar-refractivity contribution in [1.82, 2.24) is 5.32 Å². The van der Waals surface area contributed by atoms with Gasteiger partial charge >= 0.3 is 0 Å². The molecule has 0 fully saturated rings. The molecular weight excluding hydrogens is 352 g/mol. The Bertz CT molecular complexity index is 842. The van der Waals surface area contributed by atoms with Gasteiger partial charge in [0.15, 0.2) is 11.5 Å². The Balaban J connectivity index is 1.29. The van der Waals surface area contributed by atoms with Gasteiger partial charge in [-0.25, -0.2) is 0 Å². The molecule has 0 radical (unpaired) electrons. The van der Waals surface area contributed by atoms with E-state index < -0.39 is 5.25 Å². The predicted octanol–water partition coefficient (Wildman–Crippen LogP) is 2.45. The molecule has 2 heterocycles. The minimum absolute atomic E-state index is 0.120. The summed E-state index contributed by atoms with van der Waals surface area (Å²) >= 11 is 1.42. The van der Waals surface area contributed by atoms with Crippen LogP contribution in [0.15, 0.2) is 53.4 Å². The third kappa shape index (κ3) is 3.62. The first-order valence-corrected chi connectivity index (χ1v) is 9.29. The summed E-state index contributed by atoms with van der Waals surface area (Å²) < 4.78 is 11.4. The molecule has 7 heteroatoms. The zero-order valence-electron chi connectivity index (χ0n) is 13.9. The molecule has 0 saturated carbocycles. The van der Waals surface area contributed by atoms with Gasteiger partial charge in [0.2, 0.25) is 11.8 Å². The van der Waals surface area contributed by atoms with Crippen molar-refractivity contribution in [2.75, 3.05) is 18.5 Å². The summed E-state index contributed by atoms with van der Waals surface area (Å²) in [5, 5.41) is 5.25. The van der Waals surface area contributed by atoms with E-state index in [2.05, 4.69) is 10.6 Å². The van der Waals surface area contributed by atoms with Crippen LogP contribution in [0.1, 0.15) is 6.42 Å². The van der Waals surface area contributed by atoms with Crippen molar-refractivity contribution in [2.24, 2.45) is 0 Å². The normalized spacial score (nSPS) is 20.7. The van der Waals surface area contributed by atoms with Crippen LogP contribution in [0.4, 0.5) is 5.69 Å². The van der Waals surface area contributed by atoms with Gasteiger partial charge in [-0.2, -0.15) is 0 Å². The van der Waals surface area contributed by atoms with Crippen LogP contribution >= 0.6 is 11.8 Å². The summed E-state index contributed by atoms with van der Waals surface area (Å²) in [6, 6.07) is 15.0. The fraction of sp³-hybridized carbons (Fsp3) is 0.263. The van der Waals surface area contributed by atoms with Gasteiger partial charge in [0.25, 0.3) is 0 Å². The van der Waals surface area contributed by atoms with Crippen LogP contribution < -0.4 is 20.1 Å². The number of hydrogen-bond acceptors (Lipinski definition) is 5. The number of benzene rings is 2. The van der Waals surface area contributed by atoms with Crippen LogP contribution in [0.5, 0.6) is 11.5 Å². The second kappa shape index (κ2) is 7.29. The second-order valence-corrected chi connectivity index (χ2v) is 7.34. The fourth-order valence-corrected chi connectivity index (χ4v) is 3.97. The molecule has 26 heavy (non-hydrogen) atoms. The van der Waals surface area contributed by atoms with Crippen molar-refractivity contribution < 1.29 is 19.1 Å². The summed E-state index contributed by atoms with van der Waals surface area (Å²) in [5.74, 6) is 1.07. The van der Waals surface area contributed by atoms with Crippen LogP contribution in [-0.2, 0) is 9.59 Å². The quantitative estimate of drug-likeness (QED) is 0.865. The number of fused-ring (bicyclic) bond motifs is 2. The molecule has 2 N–H and O–H groups in total. The summed E-state index contributed by atoms with van der Waals surface area (Å²) in [4.78, 5) is 25.4. The SMILES string of the molecule is O=C(C[C@@H]1Sc2ccccc2NC1=O)NC[C@@H]1COc2ccccc2O1. The molecule has 0 saturated heterocycles. The maximum absolute atomic E-state index is 12.3. The van der Waals surface area contributed by atoms with Gasteiger partial charge in [-0.15, -0.1) is 11.8 Å². The Labute approximate surface area is 155 Å². The molecule has 0 aliphatic carbocycles. The van der Waals surface area contributed by atoms with Gasteiger partial charge in [0.1, 0.15) is 12.7 Å². The lowest BCUT2D eigenvalue weighted by atomic mass is 10.2. The first-order chi connectivity index (χ1) is 12.7. The van der Waals surface area contributed by atoms with E-state index in [-0.39, 0.29) is 24.3 Å². The Morgan fingerprint density at radius 2 is 1.92 bits per heavy atom. The molecule has 0 aromatic heterocycles. The Hall–Kier alpha value is -2.67. The Morgan fingerprint density at radius 1 is 1.15 bits per heavy atom. The highest BCUT2D eigenvalue weighted by Crippen LogP contribution is 2.36. The van der Waals surface area contributed by atoms with E-state index in [1.165, 1.54) is 11.8 Å². The van der Waals surface area contributed by atoms with E-state index >= 15 is 0 Å². The van der Waals surface area contributed by atoms with Gasteiger partial charge in [-0.3, -0.25) is 9.59 Å². The summed E-state index contributed by atoms with van der Waals surface area (Å²) in [5.41, 5.74) is 0.797. The van der Waals surface area contributed by atoms with Gasteiger partial charge in [0.05, 0.1) is 17.5 Å². The number of para-hydroxylation sites is 3. The Kier molecular flexibility index (Phi) is 4.71. The number of rotatable bonds is 4. The molecule has 134 valence electrons. The number of hydrogen-bond donors (Lipinski definition) is 2. The van der Waals surface area contributed by atoms with Gasteiger partial charge in [-0.05, 0) is 24.3 Å². The molecular formula is C19H18N2O4S. The maximum atomic E-state index is 12.3. The number of amides is 2. The van der Waals surface area contributed by atoms with Crippen molar-refractivity contribution in [2.45, 2.75) is 22.7 Å². The van der Waals surface area contributed by atoms with Crippen LogP contribution in [0.3, 0.4) is 0 Å². The van der Waals surface area contributed by atoms with E-state index in [0.717, 1.165) is 10.6 Å². The van der Waals surface area contributed by atoms with Crippen LogP contribution in [0.25, 0.3) is 0 Å². The van der Waals surface area contributed by atoms with Crippen molar-refractivity contribution in [3.8, 4) is 11.5 Å². The molecule has 2 amide bonds. The zero-order valence-corrected chi connectivity index (χ0v) is 14.8. The molecule has 0 bridgehead atoms. The largest absolute Gasteiger partial charge is 0.486 e. The molecule has 2 aliphatic rings. The zero-order chi connectivity index (χ0) is 17.9. The fourth-order valence-electron chi connectivity index (χ4n) is 2.86. The average Bonchev–Trinajstić information content (AvgIpc) is 2.67. The van der Waals surface area contributed by atoms with E-state index in [9.17, 15) is 9.59 Å². The smallest absolute Gasteiger partial charge is 0.238 e. The van der Waals surface area contributed by atoms with Gasteiger partial charge in [-0.1, -0.05) is 24.3 Å². The minimum atomic E-state index is -0.436. The molecule has 0 spiro atoms. The first-order valence-electron chi connectivity index (χ1n) is 8.41. The third-order valence-corrected chi connectivity index (χ3v) is 5.45. The highest BCUT2D eigenvalue weighted by Gasteiger charge is 2.29. The number of anilines is 1. The van der Waals surface area contributed by atoms with Gasteiger partial charge in [0, 0.05) is 11.3 Å². The number of ether oxygens (including phenoxy) is 2. The maximum Gasteiger partial charge on any atom is 0.238 e. The second-order valence-electron chi connectivity index (χ2n) is 6.10. The number of nitrogens with one attached hydrogen (secondary N) is 2. The highest BCUT2D eigenvalue weighted by atomic mass is 32.2. The van der Waals surface area contributed by atoms with E-state index in [1.807, 2.05) is 48.5 Å². The predicted molar refractivity (Wildman–Crippen MR) is 98.7 cm³/mol. The van der Waals surface area contributed by atoms with Crippen LogP contribution in [0, 0.1) is 0 Å². The monoisotopic (exact) mass is 370 g/mol. The van der Waals surface area contributed by atoms with Crippen molar-refractivity contribution >= 4 is 29.3 Å². The number of thioether (sulfide) groups is 1. The van der Waals surface area contributed by atoms with Gasteiger partial charge < -0.3 is 20.1 Å². The summed E-state index contributed by atoms with van der Waals surface area (Å²) in [6.45, 7) is 0.714. The molecule has 4 rings (SSSR count). The standard InChI is InChI=1S/C19H18N2O4S/c22-18(9-17-19(23)21-13-5-1-4-8-16(13)26-17)20-10-12-11-24-14-6-2-3-7-15(14)25-12/h1-8,12,17H,9-11H2,(H,20,22)(H,21,23)/t12-,17+/m1/s1. The molecule has 6 nitrogen and oxygen atoms in total. The number of carbonyl (C=O) groups excluding carboxylic acids is 2. The van der Waals surface area contributed by atoms with E-state index in [0.29, 0.717) is 24.7 Å². The highest BCUT2D eigenvalue weighted by molar-refractivity contribution is 8.01. The molecule has 2 atom stereocenters. The first kappa shape index (κ1) is 16.8.